The average molecular weight is 196 g/mol. The third kappa shape index (κ3) is 2.25. The van der Waals surface area contributed by atoms with Crippen LogP contribution in [0.1, 0.15) is 25.0 Å². The van der Waals surface area contributed by atoms with E-state index in [1.54, 1.807) is 39.2 Å². The Labute approximate surface area is 84.0 Å². The van der Waals surface area contributed by atoms with Gasteiger partial charge in [0.05, 0.1) is 12.2 Å². The summed E-state index contributed by atoms with van der Waals surface area (Å²) in [6.45, 7) is 3.62. The number of aliphatic hydroxyl groups is 1. The zero-order valence-electron chi connectivity index (χ0n) is 8.74. The molecule has 3 nitrogen and oxygen atoms in total. The van der Waals surface area contributed by atoms with Crippen LogP contribution in [0.5, 0.6) is 5.75 Å². The fourth-order valence-electron chi connectivity index (χ4n) is 1.36. The van der Waals surface area contributed by atoms with Gasteiger partial charge >= 0.3 is 0 Å². The third-order valence-corrected chi connectivity index (χ3v) is 2.08. The van der Waals surface area contributed by atoms with Crippen molar-refractivity contribution in [3.05, 3.63) is 29.3 Å². The highest BCUT2D eigenvalue weighted by molar-refractivity contribution is 5.42. The standard InChI is InChI=1S/C11H16O3/c1-11(2,13)9-6-4-5-8(7-14-3)10(9)12/h4-6,12-13H,7H2,1-3H3. The Hall–Kier alpha value is -1.06. The first-order valence-electron chi connectivity index (χ1n) is 4.49. The molecule has 0 aliphatic carbocycles. The Morgan fingerprint density at radius 3 is 2.50 bits per heavy atom. The summed E-state index contributed by atoms with van der Waals surface area (Å²) >= 11 is 0. The minimum atomic E-state index is -1.03. The maximum atomic E-state index is 9.82. The van der Waals surface area contributed by atoms with E-state index in [0.717, 1.165) is 0 Å². The monoisotopic (exact) mass is 196 g/mol. The molecule has 0 aliphatic heterocycles. The second-order valence-corrected chi connectivity index (χ2v) is 3.81. The van der Waals surface area contributed by atoms with E-state index in [1.807, 2.05) is 0 Å². The van der Waals surface area contributed by atoms with Crippen LogP contribution in [0, 0.1) is 0 Å². The van der Waals surface area contributed by atoms with Crippen molar-refractivity contribution in [1.29, 1.82) is 0 Å². The molecule has 0 unspecified atom stereocenters. The molecular weight excluding hydrogens is 180 g/mol. The summed E-state index contributed by atoms with van der Waals surface area (Å²) in [5.41, 5.74) is 0.174. The zero-order chi connectivity index (χ0) is 10.8. The summed E-state index contributed by atoms with van der Waals surface area (Å²) in [6.07, 6.45) is 0. The summed E-state index contributed by atoms with van der Waals surface area (Å²) in [4.78, 5) is 0. The van der Waals surface area contributed by atoms with Crippen LogP contribution in [0.4, 0.5) is 0 Å². The van der Waals surface area contributed by atoms with Crippen molar-refractivity contribution >= 4 is 0 Å². The van der Waals surface area contributed by atoms with Crippen LogP contribution in [0.3, 0.4) is 0 Å². The molecule has 78 valence electrons. The van der Waals surface area contributed by atoms with Gasteiger partial charge in [-0.1, -0.05) is 18.2 Å². The first kappa shape index (κ1) is 11.0. The molecule has 3 heteroatoms. The van der Waals surface area contributed by atoms with Crippen molar-refractivity contribution in [2.24, 2.45) is 0 Å². The Bertz CT molecular complexity index is 313. The predicted octanol–water partition coefficient (Wildman–Crippen LogP) is 1.77. The van der Waals surface area contributed by atoms with E-state index >= 15 is 0 Å². The summed E-state index contributed by atoms with van der Waals surface area (Å²) in [7, 11) is 1.57. The number of benzene rings is 1. The summed E-state index contributed by atoms with van der Waals surface area (Å²) < 4.78 is 4.93. The normalized spacial score (nSPS) is 11.7. The molecule has 1 aromatic rings. The lowest BCUT2D eigenvalue weighted by molar-refractivity contribution is 0.0752. The number of phenolic OH excluding ortho intramolecular Hbond substituents is 1. The van der Waals surface area contributed by atoms with Crippen LogP contribution < -0.4 is 0 Å². The van der Waals surface area contributed by atoms with Gasteiger partial charge in [-0.2, -0.15) is 0 Å². The predicted molar refractivity (Wildman–Crippen MR) is 54.1 cm³/mol. The molecule has 0 saturated heterocycles. The summed E-state index contributed by atoms with van der Waals surface area (Å²) in [5, 5.41) is 19.6. The highest BCUT2D eigenvalue weighted by Crippen LogP contribution is 2.31. The van der Waals surface area contributed by atoms with Gasteiger partial charge in [-0.15, -0.1) is 0 Å². The fourth-order valence-corrected chi connectivity index (χ4v) is 1.36. The van der Waals surface area contributed by atoms with E-state index in [1.165, 1.54) is 0 Å². The van der Waals surface area contributed by atoms with Gasteiger partial charge in [0, 0.05) is 18.2 Å². The molecule has 0 aromatic heterocycles. The van der Waals surface area contributed by atoms with E-state index in [4.69, 9.17) is 4.74 Å². The molecule has 0 radical (unpaired) electrons. The number of hydrogen-bond acceptors (Lipinski definition) is 3. The Balaban J connectivity index is 3.14. The third-order valence-electron chi connectivity index (χ3n) is 2.08. The van der Waals surface area contributed by atoms with Crippen molar-refractivity contribution in [2.45, 2.75) is 26.1 Å². The molecule has 0 saturated carbocycles. The first-order valence-corrected chi connectivity index (χ1v) is 4.49. The SMILES string of the molecule is COCc1cccc(C(C)(C)O)c1O. The highest BCUT2D eigenvalue weighted by Gasteiger charge is 2.21. The lowest BCUT2D eigenvalue weighted by Crippen LogP contribution is -2.16. The number of hydrogen-bond donors (Lipinski definition) is 2. The van der Waals surface area contributed by atoms with Crippen LogP contribution in [-0.2, 0) is 16.9 Å². The molecule has 0 heterocycles. The molecule has 0 fully saturated rings. The Morgan fingerprint density at radius 2 is 2.00 bits per heavy atom. The quantitative estimate of drug-likeness (QED) is 0.774. The lowest BCUT2D eigenvalue weighted by Gasteiger charge is -2.20. The number of aromatic hydroxyl groups is 1. The highest BCUT2D eigenvalue weighted by atomic mass is 16.5. The van der Waals surface area contributed by atoms with Crippen molar-refractivity contribution in [3.63, 3.8) is 0 Å². The molecule has 0 atom stereocenters. The minimum Gasteiger partial charge on any atom is -0.507 e. The van der Waals surface area contributed by atoms with E-state index < -0.39 is 5.60 Å². The molecule has 1 rings (SSSR count). The Morgan fingerprint density at radius 1 is 1.36 bits per heavy atom. The van der Waals surface area contributed by atoms with E-state index in [9.17, 15) is 10.2 Å². The van der Waals surface area contributed by atoms with Crippen molar-refractivity contribution in [1.82, 2.24) is 0 Å². The average Bonchev–Trinajstić information content (AvgIpc) is 2.07. The van der Waals surface area contributed by atoms with Crippen molar-refractivity contribution in [3.8, 4) is 5.75 Å². The maximum Gasteiger partial charge on any atom is 0.127 e. The van der Waals surface area contributed by atoms with Gasteiger partial charge in [-0.25, -0.2) is 0 Å². The van der Waals surface area contributed by atoms with Gasteiger partial charge in [0.1, 0.15) is 5.75 Å². The van der Waals surface area contributed by atoms with Gasteiger partial charge in [0.15, 0.2) is 0 Å². The number of rotatable bonds is 3. The second kappa shape index (κ2) is 3.98. The fraction of sp³-hybridized carbons (Fsp3) is 0.455. The minimum absolute atomic E-state index is 0.113. The van der Waals surface area contributed by atoms with Crippen LogP contribution in [0.15, 0.2) is 18.2 Å². The largest absolute Gasteiger partial charge is 0.507 e. The van der Waals surface area contributed by atoms with Gasteiger partial charge in [0.25, 0.3) is 0 Å². The van der Waals surface area contributed by atoms with Crippen LogP contribution in [0.25, 0.3) is 0 Å². The van der Waals surface area contributed by atoms with Crippen LogP contribution in [0.2, 0.25) is 0 Å². The lowest BCUT2D eigenvalue weighted by atomic mass is 9.95. The first-order chi connectivity index (χ1) is 6.46. The van der Waals surface area contributed by atoms with Gasteiger partial charge < -0.3 is 14.9 Å². The van der Waals surface area contributed by atoms with E-state index in [-0.39, 0.29) is 5.75 Å². The molecule has 0 amide bonds. The molecular formula is C11H16O3. The molecule has 0 aliphatic rings. The van der Waals surface area contributed by atoms with E-state index in [2.05, 4.69) is 0 Å². The van der Waals surface area contributed by atoms with Crippen molar-refractivity contribution < 1.29 is 14.9 Å². The van der Waals surface area contributed by atoms with Gasteiger partial charge in [-0.3, -0.25) is 0 Å². The molecule has 2 N–H and O–H groups in total. The number of methoxy groups -OCH3 is 1. The molecule has 0 spiro atoms. The summed E-state index contributed by atoms with van der Waals surface area (Å²) in [6, 6.07) is 5.27. The molecule has 1 aromatic carbocycles. The number of para-hydroxylation sites is 1. The van der Waals surface area contributed by atoms with Crippen molar-refractivity contribution in [2.75, 3.05) is 7.11 Å². The number of ether oxygens (including phenoxy) is 1. The van der Waals surface area contributed by atoms with Crippen LogP contribution >= 0.6 is 0 Å². The molecule has 14 heavy (non-hydrogen) atoms. The smallest absolute Gasteiger partial charge is 0.127 e. The summed E-state index contributed by atoms with van der Waals surface area (Å²) in [5.74, 6) is 0.113. The topological polar surface area (TPSA) is 49.7 Å². The van der Waals surface area contributed by atoms with Gasteiger partial charge in [-0.05, 0) is 13.8 Å². The van der Waals surface area contributed by atoms with Gasteiger partial charge in [0.2, 0.25) is 0 Å². The number of phenols is 1. The molecule has 0 bridgehead atoms. The Kier molecular flexibility index (Phi) is 3.13. The zero-order valence-corrected chi connectivity index (χ0v) is 8.74. The second-order valence-electron chi connectivity index (χ2n) is 3.81. The maximum absolute atomic E-state index is 9.82. The van der Waals surface area contributed by atoms with Crippen LogP contribution in [-0.4, -0.2) is 17.3 Å². The van der Waals surface area contributed by atoms with E-state index in [0.29, 0.717) is 17.7 Å².